The number of Topliss-reactive ketones (excluding diaryl/α,β-unsaturated/α-hetero) is 2. The van der Waals surface area contributed by atoms with Gasteiger partial charge < -0.3 is 0 Å². The van der Waals surface area contributed by atoms with Gasteiger partial charge in [-0.15, -0.1) is 0 Å². The van der Waals surface area contributed by atoms with Crippen LogP contribution in [0.5, 0.6) is 0 Å². The molecule has 1 aromatic carbocycles. The summed E-state index contributed by atoms with van der Waals surface area (Å²) in [5, 5.41) is 0. The second-order valence-corrected chi connectivity index (χ2v) is 3.58. The van der Waals surface area contributed by atoms with E-state index in [4.69, 9.17) is 0 Å². The molecule has 1 aromatic heterocycles. The number of nitrogens with zero attached hydrogens (tertiary/aromatic N) is 2. The minimum absolute atomic E-state index is 0.0396. The predicted molar refractivity (Wildman–Crippen MR) is 61.7 cm³/mol. The summed E-state index contributed by atoms with van der Waals surface area (Å²) in [4.78, 5) is 30.9. The van der Waals surface area contributed by atoms with Crippen molar-refractivity contribution in [2.75, 3.05) is 0 Å². The molecule has 1 heterocycles. The van der Waals surface area contributed by atoms with Gasteiger partial charge in [-0.25, -0.2) is 14.4 Å². The van der Waals surface area contributed by atoms with Gasteiger partial charge in [-0.2, -0.15) is 0 Å². The molecule has 0 spiro atoms. The minimum atomic E-state index is -0.635. The smallest absolute Gasteiger partial charge is 0.207 e. The van der Waals surface area contributed by atoms with E-state index in [9.17, 15) is 14.0 Å². The van der Waals surface area contributed by atoms with Crippen molar-refractivity contribution in [1.82, 2.24) is 9.97 Å². The number of benzene rings is 1. The molecule has 0 aliphatic carbocycles. The van der Waals surface area contributed by atoms with Crippen molar-refractivity contribution in [3.63, 3.8) is 0 Å². The van der Waals surface area contributed by atoms with E-state index < -0.39 is 23.8 Å². The van der Waals surface area contributed by atoms with Crippen LogP contribution in [0.25, 0.3) is 0 Å². The van der Waals surface area contributed by atoms with Crippen LogP contribution < -0.4 is 0 Å². The Morgan fingerprint density at radius 1 is 1.00 bits per heavy atom. The molecular weight excluding hydrogens is 235 g/mol. The summed E-state index contributed by atoms with van der Waals surface area (Å²) < 4.78 is 13.3. The molecule has 0 N–H and O–H groups in total. The summed E-state index contributed by atoms with van der Waals surface area (Å²) >= 11 is 0. The highest BCUT2D eigenvalue weighted by molar-refractivity contribution is 6.12. The zero-order valence-corrected chi connectivity index (χ0v) is 9.34. The third-order valence-electron chi connectivity index (χ3n) is 2.31. The summed E-state index contributed by atoms with van der Waals surface area (Å²) in [6, 6.07) is 7.11. The van der Waals surface area contributed by atoms with Crippen LogP contribution in [0.15, 0.2) is 42.7 Å². The molecule has 0 saturated carbocycles. The number of carbonyl (C=O) groups excluding carboxylic acids is 2. The lowest BCUT2D eigenvalue weighted by Gasteiger charge is -2.01. The van der Waals surface area contributed by atoms with Gasteiger partial charge in [-0.05, 0) is 18.2 Å². The van der Waals surface area contributed by atoms with Gasteiger partial charge in [-0.1, -0.05) is 12.1 Å². The normalized spacial score (nSPS) is 10.1. The van der Waals surface area contributed by atoms with Crippen molar-refractivity contribution in [2.24, 2.45) is 0 Å². The molecule has 0 atom stereocenters. The monoisotopic (exact) mass is 244 g/mol. The van der Waals surface area contributed by atoms with E-state index in [0.717, 1.165) is 0 Å². The van der Waals surface area contributed by atoms with E-state index in [1.54, 1.807) is 12.1 Å². The molecule has 0 bridgehead atoms. The molecule has 4 nitrogen and oxygen atoms in total. The Hall–Kier alpha value is -2.43. The molecule has 0 aliphatic heterocycles. The number of halogens is 1. The topological polar surface area (TPSA) is 59.9 Å². The van der Waals surface area contributed by atoms with Crippen molar-refractivity contribution < 1.29 is 14.0 Å². The van der Waals surface area contributed by atoms with Gasteiger partial charge in [0.05, 0.1) is 12.0 Å². The summed E-state index contributed by atoms with van der Waals surface area (Å²) in [5.74, 6) is -1.78. The average molecular weight is 244 g/mol. The van der Waals surface area contributed by atoms with E-state index in [1.165, 1.54) is 30.6 Å². The zero-order valence-electron chi connectivity index (χ0n) is 9.34. The second-order valence-electron chi connectivity index (χ2n) is 3.58. The van der Waals surface area contributed by atoms with Gasteiger partial charge in [0, 0.05) is 12.4 Å². The molecule has 2 rings (SSSR count). The van der Waals surface area contributed by atoms with E-state index in [0.29, 0.717) is 0 Å². The number of ketones is 2. The lowest BCUT2D eigenvalue weighted by atomic mass is 10.1. The van der Waals surface area contributed by atoms with Gasteiger partial charge in [0.25, 0.3) is 0 Å². The molecule has 18 heavy (non-hydrogen) atoms. The number of hydrogen-bond donors (Lipinski definition) is 0. The van der Waals surface area contributed by atoms with Crippen molar-refractivity contribution in [1.29, 1.82) is 0 Å². The van der Waals surface area contributed by atoms with Crippen LogP contribution in [0, 0.1) is 5.82 Å². The van der Waals surface area contributed by atoms with Crippen LogP contribution in [0.3, 0.4) is 0 Å². The SMILES string of the molecule is O=C(CC(=O)c1ccccc1F)c1ncccn1. The molecule has 0 unspecified atom stereocenters. The largest absolute Gasteiger partial charge is 0.294 e. The number of carbonyl (C=O) groups is 2. The number of aromatic nitrogens is 2. The maximum Gasteiger partial charge on any atom is 0.207 e. The third kappa shape index (κ3) is 2.63. The average Bonchev–Trinajstić information content (AvgIpc) is 2.40. The summed E-state index contributed by atoms with van der Waals surface area (Å²) in [5.41, 5.74) is -0.0956. The fourth-order valence-corrected chi connectivity index (χ4v) is 1.45. The van der Waals surface area contributed by atoms with Crippen molar-refractivity contribution in [3.8, 4) is 0 Å². The molecule has 2 aromatic rings. The Bertz CT molecular complexity index is 585. The highest BCUT2D eigenvalue weighted by Crippen LogP contribution is 2.10. The summed E-state index contributed by atoms with van der Waals surface area (Å²) in [6.45, 7) is 0. The Morgan fingerprint density at radius 2 is 1.67 bits per heavy atom. The maximum absolute atomic E-state index is 13.3. The first-order valence-electron chi connectivity index (χ1n) is 5.26. The second kappa shape index (κ2) is 5.27. The van der Waals surface area contributed by atoms with Crippen LogP contribution in [-0.2, 0) is 0 Å². The molecule has 0 fully saturated rings. The first-order chi connectivity index (χ1) is 8.68. The molecule has 0 amide bonds. The Labute approximate surface area is 103 Å². The lowest BCUT2D eigenvalue weighted by molar-refractivity contribution is 0.0886. The lowest BCUT2D eigenvalue weighted by Crippen LogP contribution is -2.12. The summed E-state index contributed by atoms with van der Waals surface area (Å²) in [7, 11) is 0. The Kier molecular flexibility index (Phi) is 3.52. The zero-order chi connectivity index (χ0) is 13.0. The van der Waals surface area contributed by atoms with Crippen LogP contribution in [0.2, 0.25) is 0 Å². The van der Waals surface area contributed by atoms with Gasteiger partial charge in [-0.3, -0.25) is 9.59 Å². The Morgan fingerprint density at radius 3 is 2.33 bits per heavy atom. The minimum Gasteiger partial charge on any atom is -0.294 e. The van der Waals surface area contributed by atoms with Gasteiger partial charge in [0.1, 0.15) is 5.82 Å². The summed E-state index contributed by atoms with van der Waals surface area (Å²) in [6.07, 6.45) is 2.38. The first-order valence-corrected chi connectivity index (χ1v) is 5.26. The van der Waals surface area contributed by atoms with E-state index in [-0.39, 0.29) is 11.4 Å². The fraction of sp³-hybridized carbons (Fsp3) is 0.0769. The van der Waals surface area contributed by atoms with E-state index in [1.807, 2.05) is 0 Å². The standard InChI is InChI=1S/C13H9FN2O2/c14-10-5-2-1-4-9(10)11(17)8-12(18)13-15-6-3-7-16-13/h1-7H,8H2. The quantitative estimate of drug-likeness (QED) is 0.610. The third-order valence-corrected chi connectivity index (χ3v) is 2.31. The fourth-order valence-electron chi connectivity index (χ4n) is 1.45. The van der Waals surface area contributed by atoms with Gasteiger partial charge in [0.15, 0.2) is 11.6 Å². The number of rotatable bonds is 4. The predicted octanol–water partition coefficient (Wildman–Crippen LogP) is 2.07. The van der Waals surface area contributed by atoms with Crippen LogP contribution in [0.4, 0.5) is 4.39 Å². The molecule has 0 radical (unpaired) electrons. The molecule has 90 valence electrons. The van der Waals surface area contributed by atoms with Crippen molar-refractivity contribution in [3.05, 3.63) is 59.9 Å². The molecule has 5 heteroatoms. The van der Waals surface area contributed by atoms with Crippen LogP contribution in [-0.4, -0.2) is 21.5 Å². The Balaban J connectivity index is 2.14. The van der Waals surface area contributed by atoms with Crippen molar-refractivity contribution in [2.45, 2.75) is 6.42 Å². The molecular formula is C13H9FN2O2. The van der Waals surface area contributed by atoms with Crippen LogP contribution >= 0.6 is 0 Å². The number of hydrogen-bond acceptors (Lipinski definition) is 4. The van der Waals surface area contributed by atoms with E-state index >= 15 is 0 Å². The molecule has 0 saturated heterocycles. The van der Waals surface area contributed by atoms with E-state index in [2.05, 4.69) is 9.97 Å². The van der Waals surface area contributed by atoms with Gasteiger partial charge in [0.2, 0.25) is 5.78 Å². The highest BCUT2D eigenvalue weighted by Gasteiger charge is 2.17. The molecule has 0 aliphatic rings. The maximum atomic E-state index is 13.3. The van der Waals surface area contributed by atoms with Crippen LogP contribution in [0.1, 0.15) is 27.4 Å². The first kappa shape index (κ1) is 12.0. The highest BCUT2D eigenvalue weighted by atomic mass is 19.1. The van der Waals surface area contributed by atoms with Gasteiger partial charge >= 0.3 is 0 Å². The van der Waals surface area contributed by atoms with Crippen molar-refractivity contribution >= 4 is 11.6 Å².